The van der Waals surface area contributed by atoms with Gasteiger partial charge in [-0.3, -0.25) is 0 Å². The second kappa shape index (κ2) is 9.98. The minimum Gasteiger partial charge on any atom is -1.00 e. The molecule has 1 atom stereocenters. The molecular formula is C31H26Cl2Zr. The molecule has 0 spiro atoms. The average molecular weight is 561 g/mol. The van der Waals surface area contributed by atoms with E-state index in [1.165, 1.54) is 44.5 Å². The van der Waals surface area contributed by atoms with E-state index < -0.39 is 23.2 Å². The number of halogens is 2. The number of rotatable bonds is 3. The van der Waals surface area contributed by atoms with Gasteiger partial charge in [0.05, 0.1) is 0 Å². The minimum absolute atomic E-state index is 0. The number of aryl methyl sites for hydroxylation is 2. The molecule has 2 aliphatic carbocycles. The van der Waals surface area contributed by atoms with Gasteiger partial charge in [0.1, 0.15) is 0 Å². The maximum atomic E-state index is 2.48. The fourth-order valence-electron chi connectivity index (χ4n) is 5.57. The normalized spacial score (nSPS) is 14.7. The Labute approximate surface area is 226 Å². The molecule has 1 unspecified atom stereocenters. The third-order valence-corrected chi connectivity index (χ3v) is 11.5. The van der Waals surface area contributed by atoms with Crippen molar-refractivity contribution in [3.63, 3.8) is 0 Å². The van der Waals surface area contributed by atoms with Crippen molar-refractivity contribution in [3.05, 3.63) is 118 Å². The van der Waals surface area contributed by atoms with Crippen LogP contribution in [0.25, 0.3) is 28.3 Å². The maximum absolute atomic E-state index is 2.48. The standard InChI is InChI=1S/C18H17.C13H9.2ClH.Zr/c1-12-7-13(2)10-16(9-12)17-6-4-5-15-8-14(3)11-18(15)17;1-3-7-12-10(5-1)9-11-6-2-4-8-13(11)12;;;/h4-11H,1-3H3;1-5,7-8H,9H2;2*1H;/q;;;;+2/p-2. The first-order valence-corrected chi connectivity index (χ1v) is 14.1. The van der Waals surface area contributed by atoms with Crippen molar-refractivity contribution in [1.29, 1.82) is 0 Å². The molecule has 0 saturated carbocycles. The number of hydrogen-bond donors (Lipinski definition) is 0. The van der Waals surface area contributed by atoms with Gasteiger partial charge in [0, 0.05) is 0 Å². The summed E-state index contributed by atoms with van der Waals surface area (Å²) in [6, 6.07) is 29.9. The van der Waals surface area contributed by atoms with Crippen LogP contribution in [0.2, 0.25) is 0 Å². The van der Waals surface area contributed by atoms with Gasteiger partial charge >= 0.3 is 203 Å². The predicted molar refractivity (Wildman–Crippen MR) is 132 cm³/mol. The van der Waals surface area contributed by atoms with Gasteiger partial charge in [-0.1, -0.05) is 0 Å². The topological polar surface area (TPSA) is 0 Å². The summed E-state index contributed by atoms with van der Waals surface area (Å²) in [6.45, 7) is 6.76. The summed E-state index contributed by atoms with van der Waals surface area (Å²) >= 11 is -0.861. The Morgan fingerprint density at radius 2 is 1.38 bits per heavy atom. The van der Waals surface area contributed by atoms with E-state index in [4.69, 9.17) is 0 Å². The van der Waals surface area contributed by atoms with Gasteiger partial charge in [0.15, 0.2) is 0 Å². The van der Waals surface area contributed by atoms with E-state index in [2.05, 4.69) is 106 Å². The zero-order chi connectivity index (χ0) is 21.8. The molecular weight excluding hydrogens is 534 g/mol. The van der Waals surface area contributed by atoms with Crippen molar-refractivity contribution in [3.8, 4) is 22.3 Å². The average Bonchev–Trinajstić information content (AvgIpc) is 3.31. The van der Waals surface area contributed by atoms with E-state index in [-0.39, 0.29) is 24.8 Å². The van der Waals surface area contributed by atoms with Gasteiger partial charge in [-0.2, -0.15) is 0 Å². The first kappa shape index (κ1) is 25.2. The first-order valence-electron chi connectivity index (χ1n) is 11.4. The maximum Gasteiger partial charge on any atom is -1.00 e. The Balaban J connectivity index is 0.00000137. The van der Waals surface area contributed by atoms with Crippen LogP contribution in [-0.4, -0.2) is 0 Å². The zero-order valence-corrected chi connectivity index (χ0v) is 23.6. The van der Waals surface area contributed by atoms with Crippen molar-refractivity contribution in [2.24, 2.45) is 0 Å². The second-order valence-corrected chi connectivity index (χ2v) is 12.8. The van der Waals surface area contributed by atoms with Crippen LogP contribution < -0.4 is 28.1 Å². The SMILES string of the molecule is CC1=Cc2c(-c3cc(C)cc(C)c3)cccc2[CH]1[Zr+2][c]1cccc2c1Cc1ccccc1-2.[Cl-].[Cl-]. The Kier molecular flexibility index (Phi) is 7.39. The molecule has 2 aliphatic rings. The van der Waals surface area contributed by atoms with Crippen LogP contribution in [0.15, 0.2) is 84.4 Å². The van der Waals surface area contributed by atoms with Crippen molar-refractivity contribution >= 4 is 9.35 Å². The van der Waals surface area contributed by atoms with Crippen LogP contribution in [0.3, 0.4) is 0 Å². The predicted octanol–water partition coefficient (Wildman–Crippen LogP) is 1.42. The quantitative estimate of drug-likeness (QED) is 0.313. The number of allylic oxidation sites excluding steroid dienone is 1. The van der Waals surface area contributed by atoms with E-state index in [1.807, 2.05) is 0 Å². The summed E-state index contributed by atoms with van der Waals surface area (Å²) in [5.41, 5.74) is 16.0. The molecule has 0 amide bonds. The van der Waals surface area contributed by atoms with Crippen LogP contribution in [0, 0.1) is 13.8 Å². The molecule has 34 heavy (non-hydrogen) atoms. The van der Waals surface area contributed by atoms with Crippen LogP contribution in [-0.2, 0) is 29.7 Å². The zero-order valence-electron chi connectivity index (χ0n) is 19.6. The summed E-state index contributed by atoms with van der Waals surface area (Å²) < 4.78 is 2.29. The molecule has 0 aliphatic heterocycles. The van der Waals surface area contributed by atoms with E-state index >= 15 is 0 Å². The van der Waals surface area contributed by atoms with E-state index in [1.54, 1.807) is 20.0 Å². The second-order valence-electron chi connectivity index (χ2n) is 9.32. The Bertz CT molecular complexity index is 1400. The molecule has 0 radical (unpaired) electrons. The fraction of sp³-hybridized carbons (Fsp3) is 0.161. The number of fused-ring (bicyclic) bond motifs is 4. The molecule has 6 rings (SSSR count). The number of hydrogen-bond acceptors (Lipinski definition) is 0. The molecule has 0 fully saturated rings. The van der Waals surface area contributed by atoms with Crippen LogP contribution in [0.4, 0.5) is 0 Å². The van der Waals surface area contributed by atoms with Crippen LogP contribution >= 0.6 is 0 Å². The van der Waals surface area contributed by atoms with Crippen molar-refractivity contribution in [2.75, 3.05) is 0 Å². The molecule has 3 heteroatoms. The van der Waals surface area contributed by atoms with E-state index in [0.29, 0.717) is 3.63 Å². The van der Waals surface area contributed by atoms with Gasteiger partial charge in [-0.25, -0.2) is 0 Å². The van der Waals surface area contributed by atoms with E-state index in [9.17, 15) is 0 Å². The summed E-state index contributed by atoms with van der Waals surface area (Å²) in [5.74, 6) is 0. The molecule has 0 bridgehead atoms. The van der Waals surface area contributed by atoms with Crippen molar-refractivity contribution in [2.45, 2.75) is 30.8 Å². The molecule has 0 saturated heterocycles. The molecule has 0 heterocycles. The third-order valence-electron chi connectivity index (χ3n) is 6.96. The fourth-order valence-corrected chi connectivity index (χ4v) is 9.55. The molecule has 4 aromatic rings. The van der Waals surface area contributed by atoms with Gasteiger partial charge < -0.3 is 24.8 Å². The van der Waals surface area contributed by atoms with Gasteiger partial charge in [0.25, 0.3) is 0 Å². The summed E-state index contributed by atoms with van der Waals surface area (Å²) in [4.78, 5) is 0. The minimum atomic E-state index is -0.861. The first-order chi connectivity index (χ1) is 15.6. The Morgan fingerprint density at radius 3 is 2.18 bits per heavy atom. The van der Waals surface area contributed by atoms with Gasteiger partial charge in [0.2, 0.25) is 0 Å². The van der Waals surface area contributed by atoms with Crippen molar-refractivity contribution < 1.29 is 48.0 Å². The molecule has 0 N–H and O–H groups in total. The van der Waals surface area contributed by atoms with E-state index in [0.717, 1.165) is 6.42 Å². The summed E-state index contributed by atoms with van der Waals surface area (Å²) in [5, 5.41) is 0. The van der Waals surface area contributed by atoms with Crippen LogP contribution in [0.5, 0.6) is 0 Å². The van der Waals surface area contributed by atoms with Gasteiger partial charge in [-0.05, 0) is 0 Å². The van der Waals surface area contributed by atoms with Gasteiger partial charge in [-0.15, -0.1) is 0 Å². The van der Waals surface area contributed by atoms with Crippen molar-refractivity contribution in [1.82, 2.24) is 0 Å². The smallest absolute Gasteiger partial charge is 1.00 e. The van der Waals surface area contributed by atoms with Crippen LogP contribution in [0.1, 0.15) is 43.9 Å². The summed E-state index contributed by atoms with van der Waals surface area (Å²) in [7, 11) is 0. The molecule has 168 valence electrons. The molecule has 4 aromatic carbocycles. The molecule has 0 nitrogen and oxygen atoms in total. The third kappa shape index (κ3) is 4.28. The Hall–Kier alpha value is -1.92. The molecule has 0 aromatic heterocycles. The summed E-state index contributed by atoms with van der Waals surface area (Å²) in [6.07, 6.45) is 3.58. The number of benzene rings is 4. The Morgan fingerprint density at radius 1 is 0.706 bits per heavy atom. The monoisotopic (exact) mass is 558 g/mol. The largest absolute Gasteiger partial charge is 1.00 e.